The fourth-order valence-electron chi connectivity index (χ4n) is 4.14. The Morgan fingerprint density at radius 2 is 2.07 bits per heavy atom. The summed E-state index contributed by atoms with van der Waals surface area (Å²) < 4.78 is 5.79. The summed E-state index contributed by atoms with van der Waals surface area (Å²) in [4.78, 5) is 31.1. The molecule has 7 heteroatoms. The van der Waals surface area contributed by atoms with Crippen LogP contribution in [-0.4, -0.2) is 58.1 Å². The Balaban J connectivity index is 1.52. The normalized spacial score (nSPS) is 19.8. The first kappa shape index (κ1) is 20.7. The minimum Gasteiger partial charge on any atom is -0.376 e. The maximum Gasteiger partial charge on any atom is 0.257 e. The summed E-state index contributed by atoms with van der Waals surface area (Å²) in [5.74, 6) is 1.42. The van der Waals surface area contributed by atoms with Gasteiger partial charge in [0, 0.05) is 38.6 Å². The number of rotatable bonds is 6. The number of amides is 1. The SMILES string of the molecule is Cc1nc(N2CCC(C)CC2)ncc1C(=O)N(Cc1ccccn1)C[C@@H]1CCCO1. The zero-order chi connectivity index (χ0) is 20.9. The van der Waals surface area contributed by atoms with Crippen LogP contribution < -0.4 is 4.90 Å². The minimum atomic E-state index is -0.0625. The van der Waals surface area contributed by atoms with Gasteiger partial charge in [0.1, 0.15) is 0 Å². The third-order valence-corrected chi connectivity index (χ3v) is 6.08. The van der Waals surface area contributed by atoms with E-state index in [4.69, 9.17) is 4.74 Å². The van der Waals surface area contributed by atoms with Crippen molar-refractivity contribution in [3.05, 3.63) is 47.5 Å². The molecule has 1 atom stereocenters. The van der Waals surface area contributed by atoms with Gasteiger partial charge in [0.2, 0.25) is 5.95 Å². The number of aryl methyl sites for hydroxylation is 1. The van der Waals surface area contributed by atoms with Gasteiger partial charge in [-0.15, -0.1) is 0 Å². The predicted molar refractivity (Wildman–Crippen MR) is 115 cm³/mol. The Morgan fingerprint density at radius 3 is 2.73 bits per heavy atom. The van der Waals surface area contributed by atoms with E-state index in [2.05, 4.69) is 26.8 Å². The molecular formula is C23H31N5O2. The molecule has 2 fully saturated rings. The Kier molecular flexibility index (Phi) is 6.57. The fraction of sp³-hybridized carbons (Fsp3) is 0.565. The highest BCUT2D eigenvalue weighted by Gasteiger charge is 2.26. The summed E-state index contributed by atoms with van der Waals surface area (Å²) in [5, 5.41) is 0. The second kappa shape index (κ2) is 9.51. The van der Waals surface area contributed by atoms with Gasteiger partial charge in [-0.2, -0.15) is 0 Å². The van der Waals surface area contributed by atoms with Gasteiger partial charge in [-0.1, -0.05) is 13.0 Å². The second-order valence-corrected chi connectivity index (χ2v) is 8.48. The molecule has 2 saturated heterocycles. The molecule has 2 aliphatic heterocycles. The number of hydrogen-bond donors (Lipinski definition) is 0. The quantitative estimate of drug-likeness (QED) is 0.729. The van der Waals surface area contributed by atoms with Gasteiger partial charge >= 0.3 is 0 Å². The predicted octanol–water partition coefficient (Wildman–Crippen LogP) is 3.24. The largest absolute Gasteiger partial charge is 0.376 e. The Morgan fingerprint density at radius 1 is 1.23 bits per heavy atom. The number of hydrogen-bond acceptors (Lipinski definition) is 6. The summed E-state index contributed by atoms with van der Waals surface area (Å²) in [5.41, 5.74) is 2.14. The molecule has 2 aromatic rings. The summed E-state index contributed by atoms with van der Waals surface area (Å²) >= 11 is 0. The van der Waals surface area contributed by atoms with E-state index < -0.39 is 0 Å². The minimum absolute atomic E-state index is 0.0625. The molecule has 1 amide bonds. The van der Waals surface area contributed by atoms with Crippen molar-refractivity contribution in [1.82, 2.24) is 19.9 Å². The smallest absolute Gasteiger partial charge is 0.257 e. The van der Waals surface area contributed by atoms with Crippen LogP contribution in [0.15, 0.2) is 30.6 Å². The van der Waals surface area contributed by atoms with Gasteiger partial charge in [-0.3, -0.25) is 9.78 Å². The molecule has 0 radical (unpaired) electrons. The summed E-state index contributed by atoms with van der Waals surface area (Å²) in [6, 6.07) is 5.77. The van der Waals surface area contributed by atoms with E-state index in [-0.39, 0.29) is 12.0 Å². The molecule has 7 nitrogen and oxygen atoms in total. The molecule has 4 rings (SSSR count). The molecule has 0 bridgehead atoms. The van der Waals surface area contributed by atoms with E-state index in [1.807, 2.05) is 30.0 Å². The molecular weight excluding hydrogens is 378 g/mol. The van der Waals surface area contributed by atoms with Gasteiger partial charge in [0.15, 0.2) is 0 Å². The van der Waals surface area contributed by atoms with Gasteiger partial charge < -0.3 is 14.5 Å². The highest BCUT2D eigenvalue weighted by atomic mass is 16.5. The third-order valence-electron chi connectivity index (χ3n) is 6.08. The molecule has 160 valence electrons. The van der Waals surface area contributed by atoms with Crippen LogP contribution in [-0.2, 0) is 11.3 Å². The average molecular weight is 410 g/mol. The molecule has 2 aliphatic rings. The van der Waals surface area contributed by atoms with Gasteiger partial charge in [0.05, 0.1) is 29.6 Å². The lowest BCUT2D eigenvalue weighted by Gasteiger charge is -2.30. The van der Waals surface area contributed by atoms with Crippen molar-refractivity contribution in [2.45, 2.75) is 52.2 Å². The number of ether oxygens (including phenoxy) is 1. The van der Waals surface area contributed by atoms with Crippen LogP contribution in [0.1, 0.15) is 54.4 Å². The van der Waals surface area contributed by atoms with Crippen LogP contribution in [0.25, 0.3) is 0 Å². The zero-order valence-electron chi connectivity index (χ0n) is 18.0. The van der Waals surface area contributed by atoms with Gasteiger partial charge in [0.25, 0.3) is 5.91 Å². The van der Waals surface area contributed by atoms with Crippen molar-refractivity contribution in [2.75, 3.05) is 31.1 Å². The Hall–Kier alpha value is -2.54. The van der Waals surface area contributed by atoms with Crippen molar-refractivity contribution >= 4 is 11.9 Å². The lowest BCUT2D eigenvalue weighted by Crippen LogP contribution is -2.38. The molecule has 0 N–H and O–H groups in total. The van der Waals surface area contributed by atoms with Crippen LogP contribution in [0.3, 0.4) is 0 Å². The Labute approximate surface area is 178 Å². The molecule has 30 heavy (non-hydrogen) atoms. The van der Waals surface area contributed by atoms with E-state index in [1.165, 1.54) is 0 Å². The highest BCUT2D eigenvalue weighted by Crippen LogP contribution is 2.22. The summed E-state index contributed by atoms with van der Waals surface area (Å²) in [7, 11) is 0. The maximum absolute atomic E-state index is 13.4. The van der Waals surface area contributed by atoms with E-state index >= 15 is 0 Å². The van der Waals surface area contributed by atoms with E-state index in [1.54, 1.807) is 12.4 Å². The van der Waals surface area contributed by atoms with E-state index in [0.29, 0.717) is 18.7 Å². The van der Waals surface area contributed by atoms with Crippen LogP contribution in [0.5, 0.6) is 0 Å². The first-order valence-corrected chi connectivity index (χ1v) is 11.0. The number of carbonyl (C=O) groups is 1. The van der Waals surface area contributed by atoms with Crippen molar-refractivity contribution in [1.29, 1.82) is 0 Å². The number of piperidine rings is 1. The van der Waals surface area contributed by atoms with Gasteiger partial charge in [-0.05, 0) is 50.7 Å². The first-order chi connectivity index (χ1) is 14.6. The topological polar surface area (TPSA) is 71.5 Å². The number of aromatic nitrogens is 3. The third kappa shape index (κ3) is 4.95. The summed E-state index contributed by atoms with van der Waals surface area (Å²) in [6.45, 7) is 7.90. The molecule has 4 heterocycles. The molecule has 0 saturated carbocycles. The van der Waals surface area contributed by atoms with Crippen molar-refractivity contribution in [2.24, 2.45) is 5.92 Å². The van der Waals surface area contributed by atoms with Crippen molar-refractivity contribution < 1.29 is 9.53 Å². The maximum atomic E-state index is 13.4. The lowest BCUT2D eigenvalue weighted by atomic mass is 10.00. The number of pyridine rings is 1. The van der Waals surface area contributed by atoms with Crippen molar-refractivity contribution in [3.8, 4) is 0 Å². The number of anilines is 1. The lowest BCUT2D eigenvalue weighted by molar-refractivity contribution is 0.0503. The number of nitrogens with zero attached hydrogens (tertiary/aromatic N) is 5. The van der Waals surface area contributed by atoms with Crippen LogP contribution >= 0.6 is 0 Å². The second-order valence-electron chi connectivity index (χ2n) is 8.48. The average Bonchev–Trinajstić information content (AvgIpc) is 3.27. The standard InChI is InChI=1S/C23H31N5O2/c1-17-8-11-27(12-9-17)23-25-14-21(18(2)26-23)22(29)28(16-20-7-5-13-30-20)15-19-6-3-4-10-24-19/h3-4,6,10,14,17,20H,5,7-9,11-13,15-16H2,1-2H3/t20-/m0/s1. The molecule has 0 unspecified atom stereocenters. The van der Waals surface area contributed by atoms with Crippen LogP contribution in [0.4, 0.5) is 5.95 Å². The Bertz CT molecular complexity index is 846. The van der Waals surface area contributed by atoms with Gasteiger partial charge in [-0.25, -0.2) is 9.97 Å². The molecule has 0 aliphatic carbocycles. The van der Waals surface area contributed by atoms with Crippen molar-refractivity contribution in [3.63, 3.8) is 0 Å². The first-order valence-electron chi connectivity index (χ1n) is 11.0. The molecule has 0 spiro atoms. The molecule has 0 aromatic carbocycles. The molecule has 2 aromatic heterocycles. The monoisotopic (exact) mass is 409 g/mol. The van der Waals surface area contributed by atoms with E-state index in [0.717, 1.165) is 68.6 Å². The highest BCUT2D eigenvalue weighted by molar-refractivity contribution is 5.95. The summed E-state index contributed by atoms with van der Waals surface area (Å²) in [6.07, 6.45) is 7.86. The fourth-order valence-corrected chi connectivity index (χ4v) is 4.14. The van der Waals surface area contributed by atoms with Crippen LogP contribution in [0, 0.1) is 12.8 Å². The zero-order valence-corrected chi connectivity index (χ0v) is 18.0. The number of carbonyl (C=O) groups excluding carboxylic acids is 1. The van der Waals surface area contributed by atoms with Crippen LogP contribution in [0.2, 0.25) is 0 Å². The van der Waals surface area contributed by atoms with E-state index in [9.17, 15) is 4.79 Å².